The van der Waals surface area contributed by atoms with Crippen LogP contribution in [-0.4, -0.2) is 23.1 Å². The standard InChI is InChI=1S/C19H21NOS/c1-2-14-20(16-17-9-5-3-6-10-17)19(21)13-15-22-18-11-7-4-8-12-18/h2-12H,1,13-16H2. The van der Waals surface area contributed by atoms with Crippen molar-refractivity contribution >= 4 is 17.7 Å². The summed E-state index contributed by atoms with van der Waals surface area (Å²) in [5.41, 5.74) is 1.15. The minimum atomic E-state index is 0.173. The zero-order valence-corrected chi connectivity index (χ0v) is 13.5. The Balaban J connectivity index is 1.85. The highest BCUT2D eigenvalue weighted by molar-refractivity contribution is 7.99. The van der Waals surface area contributed by atoms with Crippen molar-refractivity contribution in [2.24, 2.45) is 0 Å². The van der Waals surface area contributed by atoms with E-state index < -0.39 is 0 Å². The summed E-state index contributed by atoms with van der Waals surface area (Å²) in [6.07, 6.45) is 2.32. The number of amides is 1. The summed E-state index contributed by atoms with van der Waals surface area (Å²) in [5.74, 6) is 0.970. The zero-order valence-electron chi connectivity index (χ0n) is 12.7. The highest BCUT2D eigenvalue weighted by atomic mass is 32.2. The first-order valence-corrected chi connectivity index (χ1v) is 8.38. The Morgan fingerprint density at radius 2 is 1.68 bits per heavy atom. The molecule has 0 bridgehead atoms. The zero-order chi connectivity index (χ0) is 15.6. The van der Waals surface area contributed by atoms with Gasteiger partial charge in [-0.15, -0.1) is 18.3 Å². The second kappa shape index (κ2) is 9.11. The number of nitrogens with zero attached hydrogens (tertiary/aromatic N) is 1. The predicted octanol–water partition coefficient (Wildman–Crippen LogP) is 4.38. The molecule has 0 saturated carbocycles. The van der Waals surface area contributed by atoms with E-state index in [0.29, 0.717) is 19.5 Å². The maximum Gasteiger partial charge on any atom is 0.223 e. The van der Waals surface area contributed by atoms with Gasteiger partial charge in [-0.2, -0.15) is 0 Å². The maximum atomic E-state index is 12.4. The average Bonchev–Trinajstić information content (AvgIpc) is 2.56. The smallest absolute Gasteiger partial charge is 0.223 e. The van der Waals surface area contributed by atoms with Gasteiger partial charge >= 0.3 is 0 Å². The molecule has 0 heterocycles. The molecule has 3 heteroatoms. The van der Waals surface area contributed by atoms with Crippen LogP contribution in [0.5, 0.6) is 0 Å². The molecule has 2 aromatic rings. The lowest BCUT2D eigenvalue weighted by Crippen LogP contribution is -2.30. The van der Waals surface area contributed by atoms with E-state index >= 15 is 0 Å². The molecule has 0 aliphatic heterocycles. The topological polar surface area (TPSA) is 20.3 Å². The van der Waals surface area contributed by atoms with Crippen LogP contribution in [0.3, 0.4) is 0 Å². The molecule has 0 atom stereocenters. The summed E-state index contributed by atoms with van der Waals surface area (Å²) >= 11 is 1.72. The van der Waals surface area contributed by atoms with Crippen molar-refractivity contribution in [3.63, 3.8) is 0 Å². The second-order valence-corrected chi connectivity index (χ2v) is 6.13. The van der Waals surface area contributed by atoms with Gasteiger partial charge in [0.15, 0.2) is 0 Å². The van der Waals surface area contributed by atoms with Crippen LogP contribution in [0, 0.1) is 0 Å². The fraction of sp³-hybridized carbons (Fsp3) is 0.211. The summed E-state index contributed by atoms with van der Waals surface area (Å²) < 4.78 is 0. The van der Waals surface area contributed by atoms with Crippen LogP contribution in [0.1, 0.15) is 12.0 Å². The third kappa shape index (κ3) is 5.41. The fourth-order valence-electron chi connectivity index (χ4n) is 2.15. The molecule has 2 rings (SSSR count). The lowest BCUT2D eigenvalue weighted by Gasteiger charge is -2.21. The van der Waals surface area contributed by atoms with E-state index in [0.717, 1.165) is 11.3 Å². The van der Waals surface area contributed by atoms with E-state index in [1.165, 1.54) is 4.90 Å². The predicted molar refractivity (Wildman–Crippen MR) is 93.8 cm³/mol. The maximum absolute atomic E-state index is 12.4. The van der Waals surface area contributed by atoms with Gasteiger partial charge in [-0.3, -0.25) is 4.79 Å². The molecule has 2 nitrogen and oxygen atoms in total. The van der Waals surface area contributed by atoms with Crippen LogP contribution >= 0.6 is 11.8 Å². The van der Waals surface area contributed by atoms with Crippen LogP contribution in [-0.2, 0) is 11.3 Å². The summed E-state index contributed by atoms with van der Waals surface area (Å²) in [7, 11) is 0. The van der Waals surface area contributed by atoms with Crippen molar-refractivity contribution in [2.45, 2.75) is 17.9 Å². The first-order valence-electron chi connectivity index (χ1n) is 7.40. The number of hydrogen-bond acceptors (Lipinski definition) is 2. The van der Waals surface area contributed by atoms with Gasteiger partial charge in [0.25, 0.3) is 0 Å². The molecular weight excluding hydrogens is 290 g/mol. The molecule has 2 aromatic carbocycles. The van der Waals surface area contributed by atoms with Gasteiger partial charge in [0.1, 0.15) is 0 Å². The van der Waals surface area contributed by atoms with Crippen LogP contribution in [0.25, 0.3) is 0 Å². The number of thioether (sulfide) groups is 1. The quantitative estimate of drug-likeness (QED) is 0.532. The van der Waals surface area contributed by atoms with Gasteiger partial charge in [-0.1, -0.05) is 54.6 Å². The van der Waals surface area contributed by atoms with Crippen molar-refractivity contribution in [2.75, 3.05) is 12.3 Å². The van der Waals surface area contributed by atoms with Gasteiger partial charge in [-0.05, 0) is 17.7 Å². The Bertz CT molecular complexity index is 583. The van der Waals surface area contributed by atoms with Crippen molar-refractivity contribution in [1.82, 2.24) is 4.90 Å². The summed E-state index contributed by atoms with van der Waals surface area (Å²) in [6.45, 7) is 4.98. The third-order valence-corrected chi connectivity index (χ3v) is 4.26. The Hall–Kier alpha value is -2.00. The molecule has 0 spiro atoms. The number of hydrogen-bond donors (Lipinski definition) is 0. The molecule has 0 aromatic heterocycles. The molecule has 0 N–H and O–H groups in total. The van der Waals surface area contributed by atoms with E-state index in [-0.39, 0.29) is 5.91 Å². The molecule has 1 amide bonds. The minimum absolute atomic E-state index is 0.173. The van der Waals surface area contributed by atoms with E-state index in [1.54, 1.807) is 17.8 Å². The van der Waals surface area contributed by atoms with Crippen molar-refractivity contribution < 1.29 is 4.79 Å². The number of rotatable bonds is 8. The van der Waals surface area contributed by atoms with Crippen LogP contribution < -0.4 is 0 Å². The molecule has 0 fully saturated rings. The van der Waals surface area contributed by atoms with Crippen molar-refractivity contribution in [1.29, 1.82) is 0 Å². The second-order valence-electron chi connectivity index (χ2n) is 4.96. The monoisotopic (exact) mass is 311 g/mol. The molecule has 22 heavy (non-hydrogen) atoms. The van der Waals surface area contributed by atoms with Crippen LogP contribution in [0.15, 0.2) is 78.2 Å². The van der Waals surface area contributed by atoms with E-state index in [4.69, 9.17) is 0 Å². The molecule has 0 radical (unpaired) electrons. The normalized spacial score (nSPS) is 10.2. The lowest BCUT2D eigenvalue weighted by atomic mass is 10.2. The Morgan fingerprint density at radius 1 is 1.05 bits per heavy atom. The summed E-state index contributed by atoms with van der Waals surface area (Å²) in [6, 6.07) is 20.2. The van der Waals surface area contributed by atoms with Gasteiger partial charge in [0, 0.05) is 30.2 Å². The summed E-state index contributed by atoms with van der Waals surface area (Å²) in [5, 5.41) is 0. The van der Waals surface area contributed by atoms with Crippen LogP contribution in [0.2, 0.25) is 0 Å². The highest BCUT2D eigenvalue weighted by Crippen LogP contribution is 2.18. The first-order chi connectivity index (χ1) is 10.8. The molecular formula is C19H21NOS. The van der Waals surface area contributed by atoms with Crippen LogP contribution in [0.4, 0.5) is 0 Å². The first kappa shape index (κ1) is 16.4. The highest BCUT2D eigenvalue weighted by Gasteiger charge is 2.12. The SMILES string of the molecule is C=CCN(Cc1ccccc1)C(=O)CCSc1ccccc1. The fourth-order valence-corrected chi connectivity index (χ4v) is 3.01. The van der Waals surface area contributed by atoms with Gasteiger partial charge < -0.3 is 4.90 Å². The molecule has 114 valence electrons. The van der Waals surface area contributed by atoms with Crippen molar-refractivity contribution in [3.8, 4) is 0 Å². The van der Waals surface area contributed by atoms with Gasteiger partial charge in [-0.25, -0.2) is 0 Å². The summed E-state index contributed by atoms with van der Waals surface area (Å²) in [4.78, 5) is 15.5. The lowest BCUT2D eigenvalue weighted by molar-refractivity contribution is -0.130. The van der Waals surface area contributed by atoms with Gasteiger partial charge in [0.2, 0.25) is 5.91 Å². The number of carbonyl (C=O) groups is 1. The number of carbonyl (C=O) groups excluding carboxylic acids is 1. The van der Waals surface area contributed by atoms with E-state index in [9.17, 15) is 4.79 Å². The Labute approximate surface area is 136 Å². The molecule has 0 aliphatic carbocycles. The third-order valence-electron chi connectivity index (χ3n) is 3.25. The molecule has 0 aliphatic rings. The van der Waals surface area contributed by atoms with E-state index in [2.05, 4.69) is 18.7 Å². The number of benzene rings is 2. The largest absolute Gasteiger partial charge is 0.335 e. The Kier molecular flexibility index (Phi) is 6.78. The molecule has 0 unspecified atom stereocenters. The minimum Gasteiger partial charge on any atom is -0.335 e. The average molecular weight is 311 g/mol. The Morgan fingerprint density at radius 3 is 2.32 bits per heavy atom. The van der Waals surface area contributed by atoms with Gasteiger partial charge in [0.05, 0.1) is 0 Å². The van der Waals surface area contributed by atoms with E-state index in [1.807, 2.05) is 53.4 Å². The van der Waals surface area contributed by atoms with Crippen molar-refractivity contribution in [3.05, 3.63) is 78.9 Å². The molecule has 0 saturated heterocycles.